The first-order valence-electron chi connectivity index (χ1n) is 7.00. The van der Waals surface area contributed by atoms with Gasteiger partial charge in [-0.15, -0.1) is 0 Å². The van der Waals surface area contributed by atoms with E-state index in [2.05, 4.69) is 10.1 Å². The van der Waals surface area contributed by atoms with Crippen molar-refractivity contribution in [3.63, 3.8) is 0 Å². The zero-order chi connectivity index (χ0) is 13.8. The average Bonchev–Trinajstić information content (AvgIpc) is 2.87. The summed E-state index contributed by atoms with van der Waals surface area (Å²) in [5, 5.41) is 2.74. The van der Waals surface area contributed by atoms with Gasteiger partial charge in [0, 0.05) is 19.1 Å². The molecular weight excluding hydrogens is 246 g/mol. The molecule has 19 heavy (non-hydrogen) atoms. The second-order valence-electron chi connectivity index (χ2n) is 5.46. The predicted octanol–water partition coefficient (Wildman–Crippen LogP) is 0.461. The summed E-state index contributed by atoms with van der Waals surface area (Å²) < 4.78 is 4.57. The summed E-state index contributed by atoms with van der Waals surface area (Å²) in [5.41, 5.74) is 6.05. The van der Waals surface area contributed by atoms with Gasteiger partial charge in [0.2, 0.25) is 5.91 Å². The van der Waals surface area contributed by atoms with E-state index in [1.165, 1.54) is 7.11 Å². The number of rotatable bonds is 2. The Morgan fingerprint density at radius 2 is 2.00 bits per heavy atom. The third-order valence-corrected chi connectivity index (χ3v) is 4.14. The maximum Gasteiger partial charge on any atom is 0.407 e. The molecular formula is C13H23N3O3. The van der Waals surface area contributed by atoms with Crippen LogP contribution in [0.5, 0.6) is 0 Å². The number of hydrogen-bond donors (Lipinski definition) is 2. The first-order chi connectivity index (χ1) is 9.11. The minimum Gasteiger partial charge on any atom is -0.453 e. The van der Waals surface area contributed by atoms with E-state index in [9.17, 15) is 9.59 Å². The van der Waals surface area contributed by atoms with Crippen LogP contribution in [0.15, 0.2) is 0 Å². The van der Waals surface area contributed by atoms with Gasteiger partial charge in [-0.2, -0.15) is 0 Å². The molecule has 6 heteroatoms. The van der Waals surface area contributed by atoms with E-state index in [4.69, 9.17) is 5.73 Å². The molecule has 3 unspecified atom stereocenters. The minimum atomic E-state index is -0.436. The monoisotopic (exact) mass is 269 g/mol. The van der Waals surface area contributed by atoms with Crippen molar-refractivity contribution in [1.82, 2.24) is 10.2 Å². The fourth-order valence-electron chi connectivity index (χ4n) is 3.00. The molecule has 2 fully saturated rings. The van der Waals surface area contributed by atoms with Crippen LogP contribution in [0.4, 0.5) is 4.79 Å². The SMILES string of the molecule is COC(=O)NC1CCN(C(=O)C2CCCCC2N)C1. The molecule has 3 atom stereocenters. The van der Waals surface area contributed by atoms with Gasteiger partial charge < -0.3 is 20.7 Å². The lowest BCUT2D eigenvalue weighted by molar-refractivity contribution is -0.136. The quantitative estimate of drug-likeness (QED) is 0.762. The van der Waals surface area contributed by atoms with Crippen molar-refractivity contribution in [1.29, 1.82) is 0 Å². The third-order valence-electron chi connectivity index (χ3n) is 4.14. The predicted molar refractivity (Wildman–Crippen MR) is 70.5 cm³/mol. The largest absolute Gasteiger partial charge is 0.453 e. The fraction of sp³-hybridized carbons (Fsp3) is 0.846. The standard InChI is InChI=1S/C13H23N3O3/c1-19-13(18)15-9-6-7-16(8-9)12(17)10-4-2-3-5-11(10)14/h9-11H,2-8,14H2,1H3,(H,15,18). The van der Waals surface area contributed by atoms with Crippen LogP contribution in [0, 0.1) is 5.92 Å². The molecule has 2 aliphatic rings. The topological polar surface area (TPSA) is 84.7 Å². The zero-order valence-electron chi connectivity index (χ0n) is 11.4. The summed E-state index contributed by atoms with van der Waals surface area (Å²) in [6, 6.07) is -0.00918. The fourth-order valence-corrected chi connectivity index (χ4v) is 3.00. The van der Waals surface area contributed by atoms with E-state index in [0.717, 1.165) is 32.1 Å². The second kappa shape index (κ2) is 6.23. The molecule has 6 nitrogen and oxygen atoms in total. The number of alkyl carbamates (subject to hydrolysis) is 1. The first-order valence-corrected chi connectivity index (χ1v) is 7.00. The van der Waals surface area contributed by atoms with Gasteiger partial charge in [0.15, 0.2) is 0 Å². The lowest BCUT2D eigenvalue weighted by Gasteiger charge is -2.31. The summed E-state index contributed by atoms with van der Waals surface area (Å²) in [5.74, 6) is 0.118. The Balaban J connectivity index is 1.85. The molecule has 2 rings (SSSR count). The number of carbonyl (C=O) groups is 2. The average molecular weight is 269 g/mol. The van der Waals surface area contributed by atoms with Gasteiger partial charge in [-0.05, 0) is 19.3 Å². The van der Waals surface area contributed by atoms with Crippen molar-refractivity contribution in [2.75, 3.05) is 20.2 Å². The number of likely N-dealkylation sites (tertiary alicyclic amines) is 1. The van der Waals surface area contributed by atoms with Crippen LogP contribution in [0.2, 0.25) is 0 Å². The number of hydrogen-bond acceptors (Lipinski definition) is 4. The number of nitrogens with zero attached hydrogens (tertiary/aromatic N) is 1. The highest BCUT2D eigenvalue weighted by Gasteiger charge is 2.35. The summed E-state index contributed by atoms with van der Waals surface area (Å²) in [4.78, 5) is 25.4. The molecule has 108 valence electrons. The lowest BCUT2D eigenvalue weighted by atomic mass is 9.84. The normalized spacial score (nSPS) is 31.1. The molecule has 1 heterocycles. The smallest absolute Gasteiger partial charge is 0.407 e. The molecule has 1 saturated carbocycles. The zero-order valence-corrected chi connectivity index (χ0v) is 11.4. The summed E-state index contributed by atoms with van der Waals surface area (Å²) in [6.07, 6.45) is 4.38. The molecule has 1 aliphatic carbocycles. The van der Waals surface area contributed by atoms with Crippen LogP contribution in [-0.2, 0) is 9.53 Å². The molecule has 2 amide bonds. The van der Waals surface area contributed by atoms with E-state index in [1.807, 2.05) is 4.90 Å². The van der Waals surface area contributed by atoms with Crippen molar-refractivity contribution in [2.24, 2.45) is 11.7 Å². The van der Waals surface area contributed by atoms with E-state index in [0.29, 0.717) is 13.1 Å². The Morgan fingerprint density at radius 3 is 2.68 bits per heavy atom. The maximum absolute atomic E-state index is 12.4. The Morgan fingerprint density at radius 1 is 1.26 bits per heavy atom. The summed E-state index contributed by atoms with van der Waals surface area (Å²) in [6.45, 7) is 1.26. The van der Waals surface area contributed by atoms with Crippen molar-refractivity contribution in [2.45, 2.75) is 44.2 Å². The van der Waals surface area contributed by atoms with Gasteiger partial charge in [0.1, 0.15) is 0 Å². The minimum absolute atomic E-state index is 0.00350. The number of amides is 2. The van der Waals surface area contributed by atoms with Crippen LogP contribution in [0.1, 0.15) is 32.1 Å². The number of nitrogens with two attached hydrogens (primary N) is 1. The number of nitrogens with one attached hydrogen (secondary N) is 1. The van der Waals surface area contributed by atoms with Crippen LogP contribution >= 0.6 is 0 Å². The van der Waals surface area contributed by atoms with E-state index >= 15 is 0 Å². The third kappa shape index (κ3) is 3.37. The Bertz CT molecular complexity index is 348. The Kier molecular flexibility index (Phi) is 4.63. The molecule has 1 saturated heterocycles. The number of methoxy groups -OCH3 is 1. The van der Waals surface area contributed by atoms with Crippen molar-refractivity contribution in [3.05, 3.63) is 0 Å². The van der Waals surface area contributed by atoms with E-state index in [-0.39, 0.29) is 23.9 Å². The maximum atomic E-state index is 12.4. The Hall–Kier alpha value is -1.30. The molecule has 0 aromatic carbocycles. The molecule has 0 aromatic heterocycles. The van der Waals surface area contributed by atoms with E-state index < -0.39 is 6.09 Å². The van der Waals surface area contributed by atoms with Crippen LogP contribution < -0.4 is 11.1 Å². The van der Waals surface area contributed by atoms with Crippen molar-refractivity contribution >= 4 is 12.0 Å². The second-order valence-corrected chi connectivity index (χ2v) is 5.46. The highest BCUT2D eigenvalue weighted by Crippen LogP contribution is 2.26. The highest BCUT2D eigenvalue weighted by molar-refractivity contribution is 5.80. The number of carbonyl (C=O) groups excluding carboxylic acids is 2. The van der Waals surface area contributed by atoms with Gasteiger partial charge in [0.25, 0.3) is 0 Å². The van der Waals surface area contributed by atoms with Gasteiger partial charge in [0.05, 0.1) is 19.1 Å². The molecule has 0 radical (unpaired) electrons. The Labute approximate surface area is 113 Å². The molecule has 0 aromatic rings. The number of ether oxygens (including phenoxy) is 1. The van der Waals surface area contributed by atoms with Gasteiger partial charge in [-0.1, -0.05) is 12.8 Å². The molecule has 0 bridgehead atoms. The molecule has 1 aliphatic heterocycles. The summed E-state index contributed by atoms with van der Waals surface area (Å²) in [7, 11) is 1.34. The van der Waals surface area contributed by atoms with Crippen LogP contribution in [-0.4, -0.2) is 49.2 Å². The van der Waals surface area contributed by atoms with Gasteiger partial charge in [-0.25, -0.2) is 4.79 Å². The van der Waals surface area contributed by atoms with E-state index in [1.54, 1.807) is 0 Å². The van der Waals surface area contributed by atoms with Crippen LogP contribution in [0.3, 0.4) is 0 Å². The first kappa shape index (κ1) is 14.1. The van der Waals surface area contributed by atoms with Crippen LogP contribution in [0.25, 0.3) is 0 Å². The van der Waals surface area contributed by atoms with Crippen molar-refractivity contribution in [3.8, 4) is 0 Å². The highest BCUT2D eigenvalue weighted by atomic mass is 16.5. The van der Waals surface area contributed by atoms with Gasteiger partial charge in [-0.3, -0.25) is 4.79 Å². The summed E-state index contributed by atoms with van der Waals surface area (Å²) >= 11 is 0. The molecule has 0 spiro atoms. The van der Waals surface area contributed by atoms with Gasteiger partial charge >= 0.3 is 6.09 Å². The lowest BCUT2D eigenvalue weighted by Crippen LogP contribution is -2.46. The molecule has 3 N–H and O–H groups in total. The van der Waals surface area contributed by atoms with Crippen molar-refractivity contribution < 1.29 is 14.3 Å².